The van der Waals surface area contributed by atoms with Gasteiger partial charge in [-0.3, -0.25) is 0 Å². The summed E-state index contributed by atoms with van der Waals surface area (Å²) in [5.41, 5.74) is -2.03. The minimum Gasteiger partial charge on any atom is -0.392 e. The molecule has 0 aliphatic heterocycles. The third kappa shape index (κ3) is 6.43. The van der Waals surface area contributed by atoms with Crippen molar-refractivity contribution in [2.45, 2.75) is 25.6 Å². The molecule has 0 aromatic heterocycles. The van der Waals surface area contributed by atoms with Crippen LogP contribution in [-0.2, 0) is 25.6 Å². The first kappa shape index (κ1) is 22.8. The van der Waals surface area contributed by atoms with E-state index in [1.807, 2.05) is 0 Å². The maximum Gasteiger partial charge on any atom is 0.417 e. The van der Waals surface area contributed by atoms with Gasteiger partial charge in [0.1, 0.15) is 0 Å². The molecule has 27 heavy (non-hydrogen) atoms. The molecular weight excluding hydrogens is 400 g/mol. The lowest BCUT2D eigenvalue weighted by molar-refractivity contribution is -0.138. The summed E-state index contributed by atoms with van der Waals surface area (Å²) in [5, 5.41) is 25.3. The second-order valence-electron chi connectivity index (χ2n) is 5.12. The van der Waals surface area contributed by atoms with E-state index >= 15 is 0 Å². The molecule has 0 atom stereocenters. The number of hydrogen-bond donors (Lipinski definition) is 2. The molecule has 0 amide bonds. The first-order valence-electron chi connectivity index (χ1n) is 7.11. The Bertz CT molecular complexity index is 828. The maximum atomic E-state index is 12.3. The van der Waals surface area contributed by atoms with Crippen LogP contribution in [0.3, 0.4) is 0 Å². The van der Waals surface area contributed by atoms with E-state index < -0.39 is 42.3 Å². The lowest BCUT2D eigenvalue weighted by Crippen LogP contribution is -2.08. The van der Waals surface area contributed by atoms with E-state index in [1.54, 1.807) is 0 Å². The van der Waals surface area contributed by atoms with Crippen LogP contribution in [0.5, 0.6) is 0 Å². The van der Waals surface area contributed by atoms with Crippen LogP contribution in [0, 0.1) is 11.3 Å². The highest BCUT2D eigenvalue weighted by atomic mass is 35.5. The van der Waals surface area contributed by atoms with Crippen molar-refractivity contribution in [2.24, 2.45) is 0 Å². The predicted molar refractivity (Wildman–Crippen MR) is 84.5 cm³/mol. The molecule has 0 fully saturated rings. The van der Waals surface area contributed by atoms with Gasteiger partial charge < -0.3 is 10.2 Å². The van der Waals surface area contributed by atoms with Crippen molar-refractivity contribution in [1.82, 2.24) is 0 Å². The first-order valence-corrected chi connectivity index (χ1v) is 7.49. The van der Waals surface area contributed by atoms with Crippen LogP contribution >= 0.6 is 11.6 Å². The van der Waals surface area contributed by atoms with Crippen molar-refractivity contribution in [1.29, 1.82) is 5.26 Å². The normalized spacial score (nSPS) is 11.4. The number of halogens is 7. The largest absolute Gasteiger partial charge is 0.417 e. The van der Waals surface area contributed by atoms with Crippen molar-refractivity contribution >= 4 is 11.6 Å². The number of nitrogens with zero attached hydrogens (tertiary/aromatic N) is 1. The molecule has 2 rings (SSSR count). The Balaban J connectivity index is 0.000000271. The molecular formula is C17H12ClF6NO2. The zero-order valence-corrected chi connectivity index (χ0v) is 14.1. The van der Waals surface area contributed by atoms with Gasteiger partial charge in [0.15, 0.2) is 0 Å². The van der Waals surface area contributed by atoms with Gasteiger partial charge in [-0.25, -0.2) is 0 Å². The van der Waals surface area contributed by atoms with Gasteiger partial charge in [-0.05, 0) is 35.4 Å². The highest BCUT2D eigenvalue weighted by Gasteiger charge is 2.34. The van der Waals surface area contributed by atoms with Crippen LogP contribution < -0.4 is 0 Å². The average molecular weight is 412 g/mol. The minimum atomic E-state index is -4.56. The van der Waals surface area contributed by atoms with Gasteiger partial charge in [-0.2, -0.15) is 31.6 Å². The van der Waals surface area contributed by atoms with Gasteiger partial charge in [-0.15, -0.1) is 0 Å². The van der Waals surface area contributed by atoms with Gasteiger partial charge in [0.25, 0.3) is 0 Å². The summed E-state index contributed by atoms with van der Waals surface area (Å²) in [6, 6.07) is 7.87. The van der Waals surface area contributed by atoms with Crippen molar-refractivity contribution < 1.29 is 36.6 Å². The molecule has 0 aliphatic rings. The SMILES string of the molecule is N#Cc1ccc(CO)cc1C(F)(F)F.OCc1ccc(Cl)c(C(F)(F)F)c1. The monoisotopic (exact) mass is 411 g/mol. The highest BCUT2D eigenvalue weighted by Crippen LogP contribution is 2.35. The van der Waals surface area contributed by atoms with Crippen LogP contribution in [-0.4, -0.2) is 10.2 Å². The number of rotatable bonds is 2. The summed E-state index contributed by atoms with van der Waals surface area (Å²) in [7, 11) is 0. The fourth-order valence-corrected chi connectivity index (χ4v) is 2.13. The number of hydrogen-bond acceptors (Lipinski definition) is 3. The second-order valence-corrected chi connectivity index (χ2v) is 5.52. The third-order valence-electron chi connectivity index (χ3n) is 3.21. The molecule has 3 nitrogen and oxygen atoms in total. The van der Waals surface area contributed by atoms with Crippen LogP contribution in [0.2, 0.25) is 5.02 Å². The summed E-state index contributed by atoms with van der Waals surface area (Å²) in [4.78, 5) is 0. The van der Waals surface area contributed by atoms with Gasteiger partial charge >= 0.3 is 12.4 Å². The lowest BCUT2D eigenvalue weighted by Gasteiger charge is -2.09. The van der Waals surface area contributed by atoms with Crippen LogP contribution in [0.1, 0.15) is 27.8 Å². The van der Waals surface area contributed by atoms with Crippen molar-refractivity contribution in [2.75, 3.05) is 0 Å². The van der Waals surface area contributed by atoms with Crippen LogP contribution in [0.25, 0.3) is 0 Å². The van der Waals surface area contributed by atoms with Gasteiger partial charge in [0.2, 0.25) is 0 Å². The number of aliphatic hydroxyl groups is 2. The van der Waals surface area contributed by atoms with Crippen molar-refractivity contribution in [3.8, 4) is 6.07 Å². The maximum absolute atomic E-state index is 12.3. The molecule has 2 aromatic rings. The molecule has 0 unspecified atom stereocenters. The van der Waals surface area contributed by atoms with Gasteiger partial charge in [0, 0.05) is 0 Å². The molecule has 0 saturated carbocycles. The third-order valence-corrected chi connectivity index (χ3v) is 3.54. The lowest BCUT2D eigenvalue weighted by atomic mass is 10.0. The molecule has 0 spiro atoms. The fourth-order valence-electron chi connectivity index (χ4n) is 1.91. The van der Waals surface area contributed by atoms with E-state index in [0.717, 1.165) is 24.3 Å². The number of benzene rings is 2. The van der Waals surface area contributed by atoms with Crippen LogP contribution in [0.4, 0.5) is 26.3 Å². The van der Waals surface area contributed by atoms with Crippen molar-refractivity contribution in [3.63, 3.8) is 0 Å². The summed E-state index contributed by atoms with van der Waals surface area (Å²) < 4.78 is 73.6. The summed E-state index contributed by atoms with van der Waals surface area (Å²) >= 11 is 5.34. The van der Waals surface area contributed by atoms with E-state index in [1.165, 1.54) is 18.2 Å². The van der Waals surface area contributed by atoms with E-state index in [2.05, 4.69) is 0 Å². The standard InChI is InChI=1S/C9H6F3NO.C8H6ClF3O/c10-9(11,12)8-3-6(5-14)1-2-7(8)4-13;9-7-2-1-5(4-13)3-6(7)8(10,11)12/h1-3,14H,5H2;1-3,13H,4H2. The predicted octanol–water partition coefficient (Wildman–Crippen LogP) is 4.92. The molecule has 0 radical (unpaired) electrons. The van der Waals surface area contributed by atoms with E-state index in [-0.39, 0.29) is 16.1 Å². The molecule has 2 aromatic carbocycles. The zero-order chi connectivity index (χ0) is 20.8. The molecule has 0 bridgehead atoms. The number of aliphatic hydroxyl groups excluding tert-OH is 2. The Labute approximate surface area is 155 Å². The second kappa shape index (κ2) is 9.08. The number of nitriles is 1. The summed E-state index contributed by atoms with van der Waals surface area (Å²) in [5.74, 6) is 0. The Morgan fingerprint density at radius 1 is 0.815 bits per heavy atom. The van der Waals surface area contributed by atoms with Gasteiger partial charge in [-0.1, -0.05) is 23.7 Å². The molecule has 10 heteroatoms. The first-order chi connectivity index (χ1) is 12.4. The smallest absolute Gasteiger partial charge is 0.392 e. The Kier molecular flexibility index (Phi) is 7.65. The zero-order valence-electron chi connectivity index (χ0n) is 13.4. The average Bonchev–Trinajstić information content (AvgIpc) is 2.60. The Morgan fingerprint density at radius 2 is 1.26 bits per heavy atom. The van der Waals surface area contributed by atoms with Crippen molar-refractivity contribution in [3.05, 3.63) is 69.2 Å². The molecule has 0 saturated heterocycles. The van der Waals surface area contributed by atoms with E-state index in [9.17, 15) is 26.3 Å². The molecule has 2 N–H and O–H groups in total. The molecule has 0 aliphatic carbocycles. The summed E-state index contributed by atoms with van der Waals surface area (Å²) in [6.07, 6.45) is -9.03. The minimum absolute atomic E-state index is 0.135. The molecule has 0 heterocycles. The summed E-state index contributed by atoms with van der Waals surface area (Å²) in [6.45, 7) is -0.908. The topological polar surface area (TPSA) is 64.2 Å². The van der Waals surface area contributed by atoms with Gasteiger partial charge in [0.05, 0.1) is 41.0 Å². The molecule has 146 valence electrons. The fraction of sp³-hybridized carbons (Fsp3) is 0.235. The Morgan fingerprint density at radius 3 is 1.67 bits per heavy atom. The number of alkyl halides is 6. The Hall–Kier alpha value is -2.28. The van der Waals surface area contributed by atoms with E-state index in [4.69, 9.17) is 27.1 Å². The quantitative estimate of drug-likeness (QED) is 0.689. The van der Waals surface area contributed by atoms with Crippen LogP contribution in [0.15, 0.2) is 36.4 Å². The highest BCUT2D eigenvalue weighted by molar-refractivity contribution is 6.31. The van der Waals surface area contributed by atoms with E-state index in [0.29, 0.717) is 0 Å².